The first-order valence-electron chi connectivity index (χ1n) is 7.45. The molecule has 0 radical (unpaired) electrons. The zero-order valence-electron chi connectivity index (χ0n) is 14.0. The van der Waals surface area contributed by atoms with Crippen LogP contribution >= 0.6 is 0 Å². The Bertz CT molecular complexity index is 527. The summed E-state index contributed by atoms with van der Waals surface area (Å²) in [4.78, 5) is 25.3. The Morgan fingerprint density at radius 1 is 1.27 bits per heavy atom. The minimum Gasteiger partial charge on any atom is -0.483 e. The molecule has 0 aliphatic rings. The van der Waals surface area contributed by atoms with Crippen LogP contribution in [0.15, 0.2) is 18.2 Å². The number of hydrogen-bond acceptors (Lipinski definition) is 4. The molecule has 0 aliphatic heterocycles. The molecule has 1 amide bonds. The minimum absolute atomic E-state index is 0.0357. The molecule has 0 aromatic heterocycles. The van der Waals surface area contributed by atoms with Crippen molar-refractivity contribution in [2.24, 2.45) is 5.92 Å². The molecule has 0 fully saturated rings. The fourth-order valence-electron chi connectivity index (χ4n) is 2.12. The number of likely N-dealkylation sites (N-methyl/N-ethyl adjacent to an activating group) is 1. The van der Waals surface area contributed by atoms with Crippen molar-refractivity contribution in [3.63, 3.8) is 0 Å². The van der Waals surface area contributed by atoms with Crippen LogP contribution in [0.1, 0.15) is 25.0 Å². The molecule has 0 heterocycles. The zero-order valence-corrected chi connectivity index (χ0v) is 14.0. The van der Waals surface area contributed by atoms with E-state index in [1.54, 1.807) is 11.8 Å². The third-order valence-electron chi connectivity index (χ3n) is 3.74. The summed E-state index contributed by atoms with van der Waals surface area (Å²) in [5, 5.41) is 0. The Kier molecular flexibility index (Phi) is 6.89. The van der Waals surface area contributed by atoms with Crippen molar-refractivity contribution in [2.75, 3.05) is 26.8 Å². The number of methoxy groups -OCH3 is 1. The average molecular weight is 307 g/mol. The van der Waals surface area contributed by atoms with Crippen molar-refractivity contribution < 1.29 is 19.1 Å². The van der Waals surface area contributed by atoms with Crippen LogP contribution in [0.25, 0.3) is 0 Å². The molecule has 0 saturated carbocycles. The van der Waals surface area contributed by atoms with Crippen molar-refractivity contribution in [3.05, 3.63) is 29.3 Å². The van der Waals surface area contributed by atoms with Crippen LogP contribution in [0.3, 0.4) is 0 Å². The van der Waals surface area contributed by atoms with Crippen LogP contribution in [0.5, 0.6) is 5.75 Å². The fraction of sp³-hybridized carbons (Fsp3) is 0.529. The lowest BCUT2D eigenvalue weighted by Gasteiger charge is -2.23. The van der Waals surface area contributed by atoms with Gasteiger partial charge in [0.1, 0.15) is 5.75 Å². The number of rotatable bonds is 7. The third-order valence-corrected chi connectivity index (χ3v) is 3.74. The van der Waals surface area contributed by atoms with E-state index in [9.17, 15) is 9.59 Å². The number of benzene rings is 1. The van der Waals surface area contributed by atoms with Crippen molar-refractivity contribution in [1.82, 2.24) is 4.90 Å². The second-order valence-electron chi connectivity index (χ2n) is 5.34. The number of aryl methyl sites for hydroxylation is 1. The van der Waals surface area contributed by atoms with Gasteiger partial charge >= 0.3 is 5.97 Å². The maximum atomic E-state index is 12.2. The molecule has 1 aromatic carbocycles. The Hall–Kier alpha value is -2.04. The molecule has 0 bridgehead atoms. The minimum atomic E-state index is -0.352. The second-order valence-corrected chi connectivity index (χ2v) is 5.34. The zero-order chi connectivity index (χ0) is 16.7. The van der Waals surface area contributed by atoms with Crippen LogP contribution < -0.4 is 4.74 Å². The topological polar surface area (TPSA) is 55.8 Å². The van der Waals surface area contributed by atoms with Gasteiger partial charge in [-0.15, -0.1) is 0 Å². The SMILES string of the molecule is CCN(CC(C)C(=O)OC)C(=O)COc1cccc(C)c1C. The summed E-state index contributed by atoms with van der Waals surface area (Å²) in [6, 6.07) is 5.75. The first-order valence-corrected chi connectivity index (χ1v) is 7.45. The number of esters is 1. The molecule has 1 aromatic rings. The van der Waals surface area contributed by atoms with E-state index in [1.165, 1.54) is 7.11 Å². The summed E-state index contributed by atoms with van der Waals surface area (Å²) in [5.41, 5.74) is 2.15. The molecule has 1 rings (SSSR count). The molecule has 0 spiro atoms. The number of carbonyl (C=O) groups excluding carboxylic acids is 2. The highest BCUT2D eigenvalue weighted by molar-refractivity contribution is 5.79. The molecule has 5 heteroatoms. The largest absolute Gasteiger partial charge is 0.483 e. The fourth-order valence-corrected chi connectivity index (χ4v) is 2.12. The van der Waals surface area contributed by atoms with E-state index in [1.807, 2.05) is 39.0 Å². The van der Waals surface area contributed by atoms with Gasteiger partial charge in [0.05, 0.1) is 13.0 Å². The maximum absolute atomic E-state index is 12.2. The van der Waals surface area contributed by atoms with Crippen molar-refractivity contribution in [2.45, 2.75) is 27.7 Å². The number of ether oxygens (including phenoxy) is 2. The van der Waals surface area contributed by atoms with Crippen LogP contribution in [-0.4, -0.2) is 43.6 Å². The summed E-state index contributed by atoms with van der Waals surface area (Å²) in [6.45, 7) is 8.40. The second kappa shape index (κ2) is 8.41. The van der Waals surface area contributed by atoms with Crippen LogP contribution in [0.2, 0.25) is 0 Å². The molecule has 0 aliphatic carbocycles. The van der Waals surface area contributed by atoms with Crippen molar-refractivity contribution in [1.29, 1.82) is 0 Å². The van der Waals surface area contributed by atoms with Gasteiger partial charge in [-0.3, -0.25) is 9.59 Å². The normalized spacial score (nSPS) is 11.7. The highest BCUT2D eigenvalue weighted by Gasteiger charge is 2.20. The van der Waals surface area contributed by atoms with Gasteiger partial charge < -0.3 is 14.4 Å². The quantitative estimate of drug-likeness (QED) is 0.726. The van der Waals surface area contributed by atoms with Gasteiger partial charge in [0, 0.05) is 13.1 Å². The monoisotopic (exact) mass is 307 g/mol. The molecule has 22 heavy (non-hydrogen) atoms. The highest BCUT2D eigenvalue weighted by atomic mass is 16.5. The van der Waals surface area contributed by atoms with Crippen molar-refractivity contribution in [3.8, 4) is 5.75 Å². The summed E-state index contributed by atoms with van der Waals surface area (Å²) in [6.07, 6.45) is 0. The number of hydrogen-bond donors (Lipinski definition) is 0. The lowest BCUT2D eigenvalue weighted by Crippen LogP contribution is -2.39. The molecule has 122 valence electrons. The van der Waals surface area contributed by atoms with Gasteiger partial charge in [0.25, 0.3) is 5.91 Å². The van der Waals surface area contributed by atoms with Gasteiger partial charge in [0.15, 0.2) is 6.61 Å². The van der Waals surface area contributed by atoms with E-state index in [0.717, 1.165) is 11.1 Å². The first kappa shape index (κ1) is 18.0. The molecular formula is C17H25NO4. The molecule has 1 unspecified atom stereocenters. The molecule has 0 saturated heterocycles. The van der Waals surface area contributed by atoms with Crippen LogP contribution in [0, 0.1) is 19.8 Å². The van der Waals surface area contributed by atoms with E-state index >= 15 is 0 Å². The summed E-state index contributed by atoms with van der Waals surface area (Å²) >= 11 is 0. The van der Waals surface area contributed by atoms with Crippen molar-refractivity contribution >= 4 is 11.9 Å². The van der Waals surface area contributed by atoms with Crippen LogP contribution in [0.4, 0.5) is 0 Å². The van der Waals surface area contributed by atoms with E-state index in [4.69, 9.17) is 4.74 Å². The molecule has 5 nitrogen and oxygen atoms in total. The molecule has 1 atom stereocenters. The van der Waals surface area contributed by atoms with Crippen LogP contribution in [-0.2, 0) is 14.3 Å². The van der Waals surface area contributed by atoms with E-state index in [-0.39, 0.29) is 24.4 Å². The predicted molar refractivity (Wildman–Crippen MR) is 84.8 cm³/mol. The lowest BCUT2D eigenvalue weighted by atomic mass is 10.1. The van der Waals surface area contributed by atoms with Gasteiger partial charge in [-0.05, 0) is 38.0 Å². The standard InChI is InChI=1S/C17H25NO4/c1-6-18(10-13(3)17(20)21-5)16(19)11-22-15-9-7-8-12(2)14(15)4/h7-9,13H,6,10-11H2,1-5H3. The summed E-state index contributed by atoms with van der Waals surface area (Å²) in [7, 11) is 1.35. The lowest BCUT2D eigenvalue weighted by molar-refractivity contribution is -0.146. The predicted octanol–water partition coefficient (Wildman–Crippen LogP) is 2.34. The van der Waals surface area contributed by atoms with Gasteiger partial charge in [0.2, 0.25) is 0 Å². The maximum Gasteiger partial charge on any atom is 0.310 e. The van der Waals surface area contributed by atoms with E-state index in [2.05, 4.69) is 4.74 Å². The Morgan fingerprint density at radius 3 is 2.55 bits per heavy atom. The average Bonchev–Trinajstić information content (AvgIpc) is 2.52. The van der Waals surface area contributed by atoms with E-state index in [0.29, 0.717) is 18.8 Å². The first-order chi connectivity index (χ1) is 10.4. The summed E-state index contributed by atoms with van der Waals surface area (Å²) < 4.78 is 10.3. The van der Waals surface area contributed by atoms with Gasteiger partial charge in [-0.25, -0.2) is 0 Å². The molecule has 0 N–H and O–H groups in total. The Morgan fingerprint density at radius 2 is 1.95 bits per heavy atom. The number of amides is 1. The Balaban J connectivity index is 2.62. The Labute approximate surface area is 132 Å². The third kappa shape index (κ3) is 4.76. The molecular weight excluding hydrogens is 282 g/mol. The summed E-state index contributed by atoms with van der Waals surface area (Å²) in [5.74, 6) is -0.0964. The van der Waals surface area contributed by atoms with Gasteiger partial charge in [-0.2, -0.15) is 0 Å². The van der Waals surface area contributed by atoms with E-state index < -0.39 is 0 Å². The number of carbonyl (C=O) groups is 2. The van der Waals surface area contributed by atoms with Gasteiger partial charge in [-0.1, -0.05) is 19.1 Å². The number of nitrogens with zero attached hydrogens (tertiary/aromatic N) is 1. The smallest absolute Gasteiger partial charge is 0.310 e. The highest BCUT2D eigenvalue weighted by Crippen LogP contribution is 2.20.